The Morgan fingerprint density at radius 3 is 2.62 bits per heavy atom. The SMILES string of the molecule is CCOCCOc1cccc2[nH]c3c4c(c5c(c3c12)C(=O)N(CN1CC[NH2+]CC1)C5=O)CCC4. The highest BCUT2D eigenvalue weighted by Gasteiger charge is 2.43. The summed E-state index contributed by atoms with van der Waals surface area (Å²) in [6.07, 6.45) is 2.75. The van der Waals surface area contributed by atoms with Gasteiger partial charge in [-0.3, -0.25) is 19.4 Å². The molecule has 0 radical (unpaired) electrons. The van der Waals surface area contributed by atoms with E-state index in [0.29, 0.717) is 43.4 Å². The van der Waals surface area contributed by atoms with E-state index in [1.807, 2.05) is 25.1 Å². The first-order valence-corrected chi connectivity index (χ1v) is 12.4. The van der Waals surface area contributed by atoms with Gasteiger partial charge in [-0.05, 0) is 49.4 Å². The molecule has 2 amide bonds. The van der Waals surface area contributed by atoms with Crippen molar-refractivity contribution in [2.45, 2.75) is 26.2 Å². The van der Waals surface area contributed by atoms with Crippen LogP contribution in [0.4, 0.5) is 0 Å². The number of carbonyl (C=O) groups excluding carboxylic acids is 2. The number of aryl methyl sites for hydroxylation is 1. The van der Waals surface area contributed by atoms with Gasteiger partial charge in [0.25, 0.3) is 11.8 Å². The molecule has 0 spiro atoms. The minimum Gasteiger partial charge on any atom is -0.490 e. The van der Waals surface area contributed by atoms with Gasteiger partial charge in [0.2, 0.25) is 0 Å². The number of carbonyl (C=O) groups is 2. The Morgan fingerprint density at radius 2 is 1.79 bits per heavy atom. The Morgan fingerprint density at radius 1 is 1.00 bits per heavy atom. The summed E-state index contributed by atoms with van der Waals surface area (Å²) >= 11 is 0. The molecule has 8 heteroatoms. The van der Waals surface area contributed by atoms with Gasteiger partial charge in [-0.2, -0.15) is 0 Å². The number of H-pyrrole nitrogens is 1. The maximum atomic E-state index is 13.8. The fourth-order valence-corrected chi connectivity index (χ4v) is 5.82. The lowest BCUT2D eigenvalue weighted by atomic mass is 9.93. The minimum atomic E-state index is -0.181. The summed E-state index contributed by atoms with van der Waals surface area (Å²) in [5.74, 6) is 0.395. The van der Waals surface area contributed by atoms with Crippen LogP contribution >= 0.6 is 0 Å². The number of benzene rings is 2. The lowest BCUT2D eigenvalue weighted by Crippen LogP contribution is -2.89. The Labute approximate surface area is 198 Å². The minimum absolute atomic E-state index is 0.140. The molecule has 178 valence electrons. The van der Waals surface area contributed by atoms with Crippen LogP contribution in [0.25, 0.3) is 21.8 Å². The van der Waals surface area contributed by atoms with E-state index in [1.165, 1.54) is 10.5 Å². The Hall–Kier alpha value is -2.94. The average Bonchev–Trinajstić information content (AvgIpc) is 3.54. The van der Waals surface area contributed by atoms with E-state index in [-0.39, 0.29) is 11.8 Å². The summed E-state index contributed by atoms with van der Waals surface area (Å²) in [7, 11) is 0. The van der Waals surface area contributed by atoms with Crippen molar-refractivity contribution in [2.75, 3.05) is 52.7 Å². The van der Waals surface area contributed by atoms with Gasteiger partial charge in [-0.15, -0.1) is 0 Å². The molecule has 34 heavy (non-hydrogen) atoms. The van der Waals surface area contributed by atoms with Crippen LogP contribution in [0, 0.1) is 0 Å². The van der Waals surface area contributed by atoms with Gasteiger partial charge in [0.15, 0.2) is 0 Å². The van der Waals surface area contributed by atoms with Crippen LogP contribution < -0.4 is 10.1 Å². The number of amides is 2. The molecule has 0 atom stereocenters. The molecule has 1 aromatic heterocycles. The number of rotatable bonds is 7. The lowest BCUT2D eigenvalue weighted by molar-refractivity contribution is -0.663. The van der Waals surface area contributed by atoms with Crippen molar-refractivity contribution < 1.29 is 24.4 Å². The molecule has 1 fully saturated rings. The van der Waals surface area contributed by atoms with Crippen molar-refractivity contribution in [1.29, 1.82) is 0 Å². The number of nitrogens with two attached hydrogens (primary N) is 1. The van der Waals surface area contributed by atoms with Gasteiger partial charge >= 0.3 is 0 Å². The highest BCUT2D eigenvalue weighted by Crippen LogP contribution is 2.45. The summed E-state index contributed by atoms with van der Waals surface area (Å²) in [4.78, 5) is 34.8. The first kappa shape index (κ1) is 21.6. The van der Waals surface area contributed by atoms with Crippen LogP contribution in [-0.4, -0.2) is 79.3 Å². The van der Waals surface area contributed by atoms with Crippen molar-refractivity contribution >= 4 is 33.6 Å². The maximum Gasteiger partial charge on any atom is 0.263 e. The van der Waals surface area contributed by atoms with Crippen molar-refractivity contribution in [1.82, 2.24) is 14.8 Å². The third-order valence-corrected chi connectivity index (χ3v) is 7.35. The quantitative estimate of drug-likeness (QED) is 0.411. The van der Waals surface area contributed by atoms with Crippen LogP contribution in [0.2, 0.25) is 0 Å². The number of hydrogen-bond acceptors (Lipinski definition) is 5. The van der Waals surface area contributed by atoms with Crippen LogP contribution in [0.3, 0.4) is 0 Å². The molecule has 0 bridgehead atoms. The lowest BCUT2D eigenvalue weighted by Gasteiger charge is -2.28. The molecule has 0 saturated carbocycles. The smallest absolute Gasteiger partial charge is 0.263 e. The van der Waals surface area contributed by atoms with Crippen LogP contribution in [0.5, 0.6) is 5.75 Å². The number of aromatic nitrogens is 1. The van der Waals surface area contributed by atoms with Crippen LogP contribution in [-0.2, 0) is 17.6 Å². The fourth-order valence-electron chi connectivity index (χ4n) is 5.82. The van der Waals surface area contributed by atoms with E-state index in [2.05, 4.69) is 15.2 Å². The topological polar surface area (TPSA) is 91.5 Å². The number of ether oxygens (including phenoxy) is 2. The van der Waals surface area contributed by atoms with Crippen molar-refractivity contribution in [3.05, 3.63) is 40.5 Å². The molecule has 3 aromatic rings. The largest absolute Gasteiger partial charge is 0.490 e. The van der Waals surface area contributed by atoms with Crippen molar-refractivity contribution in [3.63, 3.8) is 0 Å². The van der Waals surface area contributed by atoms with Gasteiger partial charge in [-0.1, -0.05) is 6.07 Å². The molecule has 1 aliphatic carbocycles. The summed E-state index contributed by atoms with van der Waals surface area (Å²) < 4.78 is 11.6. The second-order valence-corrected chi connectivity index (χ2v) is 9.32. The molecule has 2 aliphatic heterocycles. The summed E-state index contributed by atoms with van der Waals surface area (Å²) in [5.41, 5.74) is 5.32. The number of hydrogen-bond donors (Lipinski definition) is 2. The van der Waals surface area contributed by atoms with Crippen LogP contribution in [0.15, 0.2) is 18.2 Å². The van der Waals surface area contributed by atoms with Gasteiger partial charge in [0.1, 0.15) is 12.4 Å². The second-order valence-electron chi connectivity index (χ2n) is 9.32. The molecule has 3 N–H and O–H groups in total. The number of aromatic amines is 1. The van der Waals surface area contributed by atoms with E-state index in [1.54, 1.807) is 0 Å². The average molecular weight is 464 g/mol. The molecule has 3 heterocycles. The normalized spacial score (nSPS) is 18.3. The van der Waals surface area contributed by atoms with Crippen molar-refractivity contribution in [2.24, 2.45) is 0 Å². The Balaban J connectivity index is 1.50. The van der Waals surface area contributed by atoms with Crippen molar-refractivity contribution in [3.8, 4) is 5.75 Å². The fraction of sp³-hybridized carbons (Fsp3) is 0.462. The van der Waals surface area contributed by atoms with E-state index in [4.69, 9.17) is 9.47 Å². The highest BCUT2D eigenvalue weighted by atomic mass is 16.5. The predicted octanol–water partition coefficient (Wildman–Crippen LogP) is 1.66. The summed E-state index contributed by atoms with van der Waals surface area (Å²) in [6.45, 7) is 7.64. The number of quaternary nitrogens is 1. The number of imide groups is 1. The first-order chi connectivity index (χ1) is 16.7. The number of nitrogens with zero attached hydrogens (tertiary/aromatic N) is 2. The summed E-state index contributed by atoms with van der Waals surface area (Å²) in [5, 5.41) is 4.00. The zero-order valence-corrected chi connectivity index (χ0v) is 19.6. The zero-order chi connectivity index (χ0) is 23.2. The van der Waals surface area contributed by atoms with Crippen LogP contribution in [0.1, 0.15) is 45.2 Å². The molecular weight excluding hydrogens is 432 g/mol. The van der Waals surface area contributed by atoms with Gasteiger partial charge in [-0.25, -0.2) is 0 Å². The van der Waals surface area contributed by atoms with E-state index in [0.717, 1.165) is 72.8 Å². The second kappa shape index (κ2) is 8.69. The standard InChI is InChI=1S/C26H30N4O4/c1-2-33-13-14-34-19-8-4-7-18-21(19)22-23-20(16-5-3-6-17(16)24(22)28-18)25(31)30(26(23)32)15-29-11-9-27-10-12-29/h4,7-8,27-28H,2-3,5-6,9-15H2,1H3/p+1. The van der Waals surface area contributed by atoms with E-state index >= 15 is 0 Å². The Bertz CT molecular complexity index is 1290. The highest BCUT2D eigenvalue weighted by molar-refractivity contribution is 6.31. The number of fused-ring (bicyclic) bond motifs is 8. The maximum absolute atomic E-state index is 13.8. The molecule has 0 unspecified atom stereocenters. The predicted molar refractivity (Wildman–Crippen MR) is 128 cm³/mol. The third kappa shape index (κ3) is 3.32. The van der Waals surface area contributed by atoms with Gasteiger partial charge in [0, 0.05) is 25.1 Å². The molecule has 3 aliphatic rings. The molecule has 8 nitrogen and oxygen atoms in total. The Kier molecular flexibility index (Phi) is 5.51. The monoisotopic (exact) mass is 463 g/mol. The molecule has 2 aromatic carbocycles. The summed E-state index contributed by atoms with van der Waals surface area (Å²) in [6, 6.07) is 5.91. The molecular formula is C26H31N4O4+. The number of piperazine rings is 1. The van der Waals surface area contributed by atoms with Gasteiger partial charge < -0.3 is 19.8 Å². The first-order valence-electron chi connectivity index (χ1n) is 12.4. The van der Waals surface area contributed by atoms with E-state index < -0.39 is 0 Å². The molecule has 6 rings (SSSR count). The van der Waals surface area contributed by atoms with Gasteiger partial charge in [0.05, 0.1) is 53.9 Å². The molecule has 1 saturated heterocycles. The van der Waals surface area contributed by atoms with E-state index in [9.17, 15) is 9.59 Å². The number of nitrogens with one attached hydrogen (secondary N) is 1. The third-order valence-electron chi connectivity index (χ3n) is 7.35. The zero-order valence-electron chi connectivity index (χ0n) is 19.6.